The van der Waals surface area contributed by atoms with Crippen LogP contribution >= 0.6 is 0 Å². The van der Waals surface area contributed by atoms with E-state index in [1.54, 1.807) is 0 Å². The Labute approximate surface area is 192 Å². The van der Waals surface area contributed by atoms with E-state index in [1.807, 2.05) is 14.1 Å². The van der Waals surface area contributed by atoms with E-state index in [4.69, 9.17) is 4.74 Å². The lowest BCUT2D eigenvalue weighted by Gasteiger charge is -2.36. The second kappa shape index (κ2) is 10.4. The summed E-state index contributed by atoms with van der Waals surface area (Å²) in [5.74, 6) is 0. The number of allylic oxidation sites excluding steroid dienone is 2. The highest BCUT2D eigenvalue weighted by Gasteiger charge is 2.30. The molecule has 0 spiro atoms. The zero-order valence-electron chi connectivity index (χ0n) is 20.2. The van der Waals surface area contributed by atoms with Crippen LogP contribution in [0.25, 0.3) is 16.5 Å². The lowest BCUT2D eigenvalue weighted by Crippen LogP contribution is -2.43. The fourth-order valence-electron chi connectivity index (χ4n) is 4.35. The van der Waals surface area contributed by atoms with E-state index in [1.165, 1.54) is 22.3 Å². The number of anilines is 1. The number of aldehydes is 1. The molecule has 174 valence electrons. The summed E-state index contributed by atoms with van der Waals surface area (Å²) in [6, 6.07) is 8.73. The minimum atomic E-state index is -0.0833. The Bertz CT molecular complexity index is 985. The van der Waals surface area contributed by atoms with Crippen LogP contribution in [-0.4, -0.2) is 57.7 Å². The zero-order valence-corrected chi connectivity index (χ0v) is 20.2. The van der Waals surface area contributed by atoms with Crippen molar-refractivity contribution in [3.05, 3.63) is 47.8 Å². The molecule has 0 amide bonds. The van der Waals surface area contributed by atoms with E-state index >= 15 is 0 Å². The molecular weight excluding hydrogens is 400 g/mol. The molecule has 6 nitrogen and oxygen atoms in total. The molecule has 1 aromatic heterocycles. The van der Waals surface area contributed by atoms with E-state index in [0.717, 1.165) is 61.8 Å². The normalized spacial score (nSPS) is 23.0. The van der Waals surface area contributed by atoms with Gasteiger partial charge < -0.3 is 30.0 Å². The Morgan fingerprint density at radius 1 is 1.31 bits per heavy atom. The average Bonchev–Trinajstić information content (AvgIpc) is 3.48. The maximum Gasteiger partial charge on any atom is 0.148 e. The van der Waals surface area contributed by atoms with Crippen LogP contribution < -0.4 is 15.5 Å². The summed E-state index contributed by atoms with van der Waals surface area (Å²) in [5, 5.41) is 8.10. The van der Waals surface area contributed by atoms with Crippen LogP contribution in [0.3, 0.4) is 0 Å². The first kappa shape index (κ1) is 24.1. The molecule has 0 saturated carbocycles. The average molecular weight is 439 g/mol. The molecule has 1 saturated heterocycles. The first-order chi connectivity index (χ1) is 15.3. The van der Waals surface area contributed by atoms with Gasteiger partial charge in [-0.25, -0.2) is 0 Å². The minimum absolute atomic E-state index is 0.0833. The first-order valence-electron chi connectivity index (χ1n) is 11.5. The maximum absolute atomic E-state index is 9.88. The molecule has 6 heteroatoms. The number of H-pyrrole nitrogens is 1. The van der Waals surface area contributed by atoms with Crippen molar-refractivity contribution in [3.63, 3.8) is 0 Å². The van der Waals surface area contributed by atoms with Gasteiger partial charge in [-0.1, -0.05) is 12.6 Å². The Hall–Kier alpha value is -2.57. The largest absolute Gasteiger partial charge is 0.391 e. The van der Waals surface area contributed by atoms with Gasteiger partial charge in [0.05, 0.1) is 0 Å². The van der Waals surface area contributed by atoms with Crippen molar-refractivity contribution in [1.82, 2.24) is 15.6 Å². The number of aromatic nitrogens is 1. The lowest BCUT2D eigenvalue weighted by atomic mass is 9.79. The number of hydrogen-bond acceptors (Lipinski definition) is 5. The summed E-state index contributed by atoms with van der Waals surface area (Å²) >= 11 is 0. The zero-order chi connectivity index (χ0) is 23.3. The van der Waals surface area contributed by atoms with Gasteiger partial charge in [0, 0.05) is 67.7 Å². The van der Waals surface area contributed by atoms with Crippen molar-refractivity contribution in [1.29, 1.82) is 0 Å². The highest BCUT2D eigenvalue weighted by molar-refractivity contribution is 5.89. The van der Waals surface area contributed by atoms with Crippen LogP contribution in [0.1, 0.15) is 44.7 Å². The maximum atomic E-state index is 9.88. The highest BCUT2D eigenvalue weighted by atomic mass is 16.5. The number of nitrogens with zero attached hydrogens (tertiary/aromatic N) is 1. The van der Waals surface area contributed by atoms with Gasteiger partial charge in [-0.2, -0.15) is 0 Å². The number of rotatable bonds is 6. The van der Waals surface area contributed by atoms with Crippen LogP contribution in [-0.2, 0) is 9.53 Å². The molecule has 32 heavy (non-hydrogen) atoms. The highest BCUT2D eigenvalue weighted by Crippen LogP contribution is 2.38. The van der Waals surface area contributed by atoms with Crippen molar-refractivity contribution < 1.29 is 9.53 Å². The number of ether oxygens (including phenoxy) is 1. The minimum Gasteiger partial charge on any atom is -0.391 e. The van der Waals surface area contributed by atoms with Crippen molar-refractivity contribution in [2.45, 2.75) is 50.7 Å². The molecule has 2 atom stereocenters. The van der Waals surface area contributed by atoms with Crippen molar-refractivity contribution >= 4 is 28.4 Å². The number of carbonyl (C=O) groups is 1. The molecule has 1 aromatic carbocycles. The summed E-state index contributed by atoms with van der Waals surface area (Å²) in [6.45, 7) is 7.47. The van der Waals surface area contributed by atoms with Gasteiger partial charge in [0.15, 0.2) is 0 Å². The number of fused-ring (bicyclic) bond motifs is 1. The third kappa shape index (κ3) is 5.43. The quantitative estimate of drug-likeness (QED) is 0.589. The number of nitrogens with one attached hydrogen (secondary N) is 3. The number of benzene rings is 1. The number of carbonyl (C=O) groups excluding carboxylic acids is 1. The van der Waals surface area contributed by atoms with Gasteiger partial charge in [-0.15, -0.1) is 0 Å². The van der Waals surface area contributed by atoms with Crippen molar-refractivity contribution in [2.24, 2.45) is 0 Å². The lowest BCUT2D eigenvalue weighted by molar-refractivity contribution is -0.115. The molecular formula is C26H38N4O2. The molecule has 2 aliphatic rings. The molecule has 4 rings (SSSR count). The van der Waals surface area contributed by atoms with E-state index in [0.29, 0.717) is 0 Å². The van der Waals surface area contributed by atoms with E-state index in [9.17, 15) is 4.79 Å². The van der Waals surface area contributed by atoms with Crippen LogP contribution in [0.15, 0.2) is 42.1 Å². The molecule has 0 bridgehead atoms. The molecule has 1 aliphatic heterocycles. The van der Waals surface area contributed by atoms with Crippen LogP contribution in [0.5, 0.6) is 0 Å². The molecule has 0 radical (unpaired) electrons. The van der Waals surface area contributed by atoms with Gasteiger partial charge in [-0.3, -0.25) is 0 Å². The molecule has 2 heterocycles. The number of hydrogen-bond donors (Lipinski definition) is 3. The molecule has 1 aliphatic carbocycles. The summed E-state index contributed by atoms with van der Waals surface area (Å²) in [6.07, 6.45) is 5.90. The second-order valence-corrected chi connectivity index (χ2v) is 9.21. The third-order valence-electron chi connectivity index (χ3n) is 6.69. The topological polar surface area (TPSA) is 69.4 Å². The van der Waals surface area contributed by atoms with Crippen LogP contribution in [0, 0.1) is 0 Å². The summed E-state index contributed by atoms with van der Waals surface area (Å²) in [4.78, 5) is 15.6. The van der Waals surface area contributed by atoms with Gasteiger partial charge in [-0.05, 0) is 69.0 Å². The SMILES string of the molecule is C=C(C1=C(NC)CC(C)(NC)CC1)c1cc2ccc(N(C)C)cc2[nH]1.O=C[C@H]1CCCO1. The van der Waals surface area contributed by atoms with Crippen molar-refractivity contribution in [3.8, 4) is 0 Å². The van der Waals surface area contributed by atoms with Gasteiger partial charge >= 0.3 is 0 Å². The van der Waals surface area contributed by atoms with E-state index < -0.39 is 0 Å². The summed E-state index contributed by atoms with van der Waals surface area (Å²) < 4.78 is 4.93. The fraction of sp³-hybridized carbons (Fsp3) is 0.500. The summed E-state index contributed by atoms with van der Waals surface area (Å²) in [7, 11) is 8.19. The van der Waals surface area contributed by atoms with Gasteiger partial charge in [0.2, 0.25) is 0 Å². The van der Waals surface area contributed by atoms with E-state index in [2.05, 4.69) is 72.4 Å². The van der Waals surface area contributed by atoms with Crippen LogP contribution in [0.4, 0.5) is 5.69 Å². The Morgan fingerprint density at radius 2 is 2.09 bits per heavy atom. The molecule has 2 aromatic rings. The predicted molar refractivity (Wildman–Crippen MR) is 134 cm³/mol. The van der Waals surface area contributed by atoms with Crippen molar-refractivity contribution in [2.75, 3.05) is 39.7 Å². The Balaban J connectivity index is 0.000000352. The standard InChI is InChI=1S/C21H30N4.C5H8O2/c1-14(17-9-10-21(2,23-4)13-20(17)22-3)18-11-15-7-8-16(25(5)6)12-19(15)24-18;6-4-5-2-1-3-7-5/h7-8,11-12,22-24H,1,9-10,13H2,2-6H3;4-5H,1-3H2/t;5-/m.1/s1. The van der Waals surface area contributed by atoms with E-state index in [-0.39, 0.29) is 11.6 Å². The Morgan fingerprint density at radius 3 is 2.66 bits per heavy atom. The predicted octanol–water partition coefficient (Wildman–Crippen LogP) is 4.25. The van der Waals surface area contributed by atoms with Gasteiger partial charge in [0.25, 0.3) is 0 Å². The summed E-state index contributed by atoms with van der Waals surface area (Å²) in [5.41, 5.74) is 7.36. The smallest absolute Gasteiger partial charge is 0.148 e. The second-order valence-electron chi connectivity index (χ2n) is 9.21. The van der Waals surface area contributed by atoms with Gasteiger partial charge in [0.1, 0.15) is 12.4 Å². The first-order valence-corrected chi connectivity index (χ1v) is 11.5. The monoisotopic (exact) mass is 438 g/mol. The van der Waals surface area contributed by atoms with Crippen LogP contribution in [0.2, 0.25) is 0 Å². The Kier molecular flexibility index (Phi) is 7.80. The number of aromatic amines is 1. The third-order valence-corrected chi connectivity index (χ3v) is 6.69. The molecule has 1 fully saturated rings. The molecule has 3 N–H and O–H groups in total. The fourth-order valence-corrected chi connectivity index (χ4v) is 4.35. The molecule has 1 unspecified atom stereocenters.